The van der Waals surface area contributed by atoms with Gasteiger partial charge in [-0.25, -0.2) is 4.98 Å². The number of aromatic nitrogens is 3. The van der Waals surface area contributed by atoms with Crippen LogP contribution in [0, 0.1) is 5.92 Å². The molecule has 4 aromatic rings. The third kappa shape index (κ3) is 6.99. The highest BCUT2D eigenvalue weighted by molar-refractivity contribution is 7.14. The number of nitrogens with zero attached hydrogens (tertiary/aromatic N) is 4. The van der Waals surface area contributed by atoms with Crippen molar-refractivity contribution in [2.75, 3.05) is 40.0 Å². The molecular weight excluding hydrogens is 631 g/mol. The minimum absolute atomic E-state index is 0.0187. The molecule has 10 nitrogen and oxygen atoms in total. The second-order valence-electron chi connectivity index (χ2n) is 14.8. The molecule has 3 aliphatic rings. The summed E-state index contributed by atoms with van der Waals surface area (Å²) >= 11 is 1.43. The molecule has 2 aromatic carbocycles. The van der Waals surface area contributed by atoms with Crippen LogP contribution >= 0.6 is 11.5 Å². The van der Waals surface area contributed by atoms with Crippen LogP contribution in [0.3, 0.4) is 0 Å². The summed E-state index contributed by atoms with van der Waals surface area (Å²) in [6.45, 7) is 12.3. The molecule has 0 spiro atoms. The van der Waals surface area contributed by atoms with Crippen molar-refractivity contribution < 1.29 is 14.2 Å². The Hall–Kier alpha value is -2.87. The van der Waals surface area contributed by atoms with Gasteiger partial charge < -0.3 is 19.5 Å². The second-order valence-corrected chi connectivity index (χ2v) is 21.4. The molecule has 3 aliphatic heterocycles. The van der Waals surface area contributed by atoms with Crippen LogP contribution in [0.25, 0.3) is 32.4 Å². The lowest BCUT2D eigenvalue weighted by Crippen LogP contribution is -2.37. The molecule has 12 heteroatoms. The summed E-state index contributed by atoms with van der Waals surface area (Å²) in [4.78, 5) is 35.6. The molecule has 2 saturated heterocycles. The average Bonchev–Trinajstić information content (AvgIpc) is 3.62. The molecule has 252 valence electrons. The molecule has 0 aliphatic carbocycles. The van der Waals surface area contributed by atoms with E-state index < -0.39 is 8.07 Å². The normalized spacial score (nSPS) is 21.9. The summed E-state index contributed by atoms with van der Waals surface area (Å²) in [5, 5.41) is 4.34. The highest BCUT2D eigenvalue weighted by atomic mass is 32.1. The van der Waals surface area contributed by atoms with Crippen LogP contribution in [0.1, 0.15) is 31.2 Å². The first-order chi connectivity index (χ1) is 22.7. The zero-order chi connectivity index (χ0) is 32.7. The second kappa shape index (κ2) is 13.6. The number of rotatable bonds is 9. The fourth-order valence-electron chi connectivity index (χ4n) is 7.29. The minimum atomic E-state index is -1.33. The molecule has 3 atom stereocenters. The van der Waals surface area contributed by atoms with E-state index in [4.69, 9.17) is 19.2 Å². The molecule has 0 radical (unpaired) electrons. The van der Waals surface area contributed by atoms with Crippen LogP contribution in [0.5, 0.6) is 5.75 Å². The first kappa shape index (κ1) is 32.7. The SMILES string of the molecule is COCC1CCCN(Cc2cc3c4nc(c(=O)n(COCC[Si](C)(C)C)c4c2)-c2cccc4c(=O)n(sc24)CC2CCC(CO3)N2)C1. The molecule has 2 fully saturated rings. The molecule has 7 rings (SSSR count). The predicted molar refractivity (Wildman–Crippen MR) is 191 cm³/mol. The van der Waals surface area contributed by atoms with Crippen molar-refractivity contribution in [1.82, 2.24) is 23.7 Å². The molecule has 0 saturated carbocycles. The molecule has 5 heterocycles. The lowest BCUT2D eigenvalue weighted by Gasteiger charge is -2.32. The maximum absolute atomic E-state index is 14.5. The van der Waals surface area contributed by atoms with E-state index in [1.165, 1.54) is 18.0 Å². The van der Waals surface area contributed by atoms with E-state index in [-0.39, 0.29) is 29.9 Å². The topological polar surface area (TPSA) is 99.9 Å². The summed E-state index contributed by atoms with van der Waals surface area (Å²) in [5.41, 5.74) is 3.20. The monoisotopic (exact) mass is 677 g/mol. The first-order valence-corrected chi connectivity index (χ1v) is 21.5. The molecular formula is C35H47N5O5SSi. The Bertz CT molecular complexity index is 1880. The number of nitrogens with one attached hydrogen (secondary N) is 1. The van der Waals surface area contributed by atoms with E-state index in [1.54, 1.807) is 11.7 Å². The maximum atomic E-state index is 14.5. The number of piperidine rings is 1. The maximum Gasteiger partial charge on any atom is 0.279 e. The van der Waals surface area contributed by atoms with Gasteiger partial charge in [0.2, 0.25) is 0 Å². The third-order valence-electron chi connectivity index (χ3n) is 9.79. The fraction of sp³-hybridized carbons (Fsp3) is 0.571. The molecule has 3 unspecified atom stereocenters. The highest BCUT2D eigenvalue weighted by Gasteiger charge is 2.28. The van der Waals surface area contributed by atoms with Gasteiger partial charge in [-0.1, -0.05) is 43.3 Å². The first-order valence-electron chi connectivity index (χ1n) is 17.1. The predicted octanol–water partition coefficient (Wildman–Crippen LogP) is 5.12. The Labute approximate surface area is 280 Å². The molecule has 1 N–H and O–H groups in total. The van der Waals surface area contributed by atoms with Gasteiger partial charge in [-0.2, -0.15) is 0 Å². The van der Waals surface area contributed by atoms with Gasteiger partial charge in [-0.15, -0.1) is 0 Å². The molecule has 0 amide bonds. The zero-order valence-corrected chi connectivity index (χ0v) is 29.9. The van der Waals surface area contributed by atoms with Crippen molar-refractivity contribution >= 4 is 40.7 Å². The van der Waals surface area contributed by atoms with Gasteiger partial charge in [0, 0.05) is 52.5 Å². The van der Waals surface area contributed by atoms with Crippen molar-refractivity contribution in [3.05, 3.63) is 56.6 Å². The quantitative estimate of drug-likeness (QED) is 0.193. The van der Waals surface area contributed by atoms with Gasteiger partial charge in [-0.3, -0.25) is 23.0 Å². The fourth-order valence-corrected chi connectivity index (χ4v) is 9.22. The van der Waals surface area contributed by atoms with E-state index in [9.17, 15) is 9.59 Å². The van der Waals surface area contributed by atoms with Crippen molar-refractivity contribution in [1.29, 1.82) is 0 Å². The Morgan fingerprint density at radius 2 is 1.94 bits per heavy atom. The summed E-state index contributed by atoms with van der Waals surface area (Å²) in [7, 11) is 0.446. The van der Waals surface area contributed by atoms with Crippen LogP contribution in [0.15, 0.2) is 39.9 Å². The summed E-state index contributed by atoms with van der Waals surface area (Å²) in [6.07, 6.45) is 4.26. The summed E-state index contributed by atoms with van der Waals surface area (Å²) in [6, 6.07) is 11.2. The standard InChI is InChI=1S/C35H47N5O5SSi/c1-43-20-23-7-6-12-38(17-23)18-24-15-29-32-30(16-24)45-21-26-11-10-25(36-26)19-40-34(41)28-9-5-8-27(33(28)46-40)31(37-32)35(42)39(29)22-44-13-14-47(2,3)4/h5,8-9,15-16,23,25-26,36H,6-7,10-14,17-22H2,1-4H3. The van der Waals surface area contributed by atoms with Gasteiger partial charge >= 0.3 is 0 Å². The molecule has 2 aromatic heterocycles. The van der Waals surface area contributed by atoms with E-state index in [0.717, 1.165) is 61.8 Å². The number of ether oxygens (including phenoxy) is 3. The third-order valence-corrected chi connectivity index (χ3v) is 12.7. The van der Waals surface area contributed by atoms with Gasteiger partial charge in [0.25, 0.3) is 11.1 Å². The zero-order valence-electron chi connectivity index (χ0n) is 28.0. The number of hydrogen-bond acceptors (Lipinski definition) is 9. The van der Waals surface area contributed by atoms with Crippen LogP contribution in [-0.4, -0.2) is 78.6 Å². The summed E-state index contributed by atoms with van der Waals surface area (Å²) in [5.74, 6) is 1.20. The van der Waals surface area contributed by atoms with Crippen molar-refractivity contribution in [3.8, 4) is 17.0 Å². The lowest BCUT2D eigenvalue weighted by atomic mass is 9.98. The van der Waals surface area contributed by atoms with E-state index in [0.29, 0.717) is 59.1 Å². The van der Waals surface area contributed by atoms with Crippen molar-refractivity contribution in [3.63, 3.8) is 0 Å². The largest absolute Gasteiger partial charge is 0.490 e. The number of likely N-dealkylation sites (tertiary alicyclic amines) is 1. The number of hydrogen-bond donors (Lipinski definition) is 1. The smallest absolute Gasteiger partial charge is 0.279 e. The highest BCUT2D eigenvalue weighted by Crippen LogP contribution is 2.34. The number of benzene rings is 2. The van der Waals surface area contributed by atoms with Crippen LogP contribution in [-0.2, 0) is 29.3 Å². The minimum Gasteiger partial charge on any atom is -0.490 e. The van der Waals surface area contributed by atoms with Crippen LogP contribution in [0.2, 0.25) is 25.7 Å². The molecule has 6 bridgehead atoms. The van der Waals surface area contributed by atoms with Crippen molar-refractivity contribution in [2.45, 2.75) is 83.3 Å². The Kier molecular flexibility index (Phi) is 9.42. The van der Waals surface area contributed by atoms with Gasteiger partial charge in [0.05, 0.1) is 28.8 Å². The summed E-state index contributed by atoms with van der Waals surface area (Å²) < 4.78 is 22.7. The lowest BCUT2D eigenvalue weighted by molar-refractivity contribution is 0.0867. The Morgan fingerprint density at radius 3 is 2.77 bits per heavy atom. The van der Waals surface area contributed by atoms with E-state index in [2.05, 4.69) is 42.0 Å². The molecule has 47 heavy (non-hydrogen) atoms. The Morgan fingerprint density at radius 1 is 1.09 bits per heavy atom. The van der Waals surface area contributed by atoms with E-state index >= 15 is 0 Å². The number of fused-ring (bicyclic) bond motifs is 5. The number of methoxy groups -OCH3 is 1. The van der Waals surface area contributed by atoms with Crippen molar-refractivity contribution in [2.24, 2.45) is 5.92 Å². The van der Waals surface area contributed by atoms with Gasteiger partial charge in [0.15, 0.2) is 0 Å². The Balaban J connectivity index is 1.38. The van der Waals surface area contributed by atoms with Crippen LogP contribution < -0.4 is 21.2 Å². The van der Waals surface area contributed by atoms with E-state index in [1.807, 2.05) is 22.2 Å². The van der Waals surface area contributed by atoms with Gasteiger partial charge in [0.1, 0.15) is 30.3 Å². The van der Waals surface area contributed by atoms with Crippen LogP contribution in [0.4, 0.5) is 0 Å². The average molecular weight is 678 g/mol. The van der Waals surface area contributed by atoms with Gasteiger partial charge in [-0.05, 0) is 68.0 Å².